The van der Waals surface area contributed by atoms with Crippen LogP contribution in [0.25, 0.3) is 5.69 Å². The second-order valence-corrected chi connectivity index (χ2v) is 4.04. The summed E-state index contributed by atoms with van der Waals surface area (Å²) in [5.41, 5.74) is 2.08. The lowest BCUT2D eigenvalue weighted by Gasteiger charge is -2.07. The van der Waals surface area contributed by atoms with Crippen LogP contribution in [0.4, 0.5) is 0 Å². The summed E-state index contributed by atoms with van der Waals surface area (Å²) in [5, 5.41) is 4.17. The smallest absolute Gasteiger partial charge is 0.0700 e. The van der Waals surface area contributed by atoms with Crippen LogP contribution < -0.4 is 0 Å². The van der Waals surface area contributed by atoms with Gasteiger partial charge in [-0.05, 0) is 23.8 Å². The zero-order chi connectivity index (χ0) is 9.97. The molecule has 0 aliphatic heterocycles. The number of aromatic nitrogens is 2. The minimum absolute atomic E-state index is 0.489. The number of hydrogen-bond donors (Lipinski definition) is 0. The molecule has 0 saturated heterocycles. The van der Waals surface area contributed by atoms with Crippen LogP contribution in [-0.4, -0.2) is 9.78 Å². The maximum Gasteiger partial charge on any atom is 0.0700 e. The normalized spacial score (nSPS) is 10.4. The van der Waals surface area contributed by atoms with Crippen LogP contribution in [0.2, 0.25) is 0 Å². The zero-order valence-corrected chi connectivity index (χ0v) is 9.66. The van der Waals surface area contributed by atoms with E-state index in [-0.39, 0.29) is 0 Å². The fraction of sp³-hybridized carbons (Fsp3) is 0.100. The summed E-state index contributed by atoms with van der Waals surface area (Å²) in [5.74, 6) is 0.489. The molecule has 2 rings (SSSR count). The Labute approximate surface area is 95.6 Å². The first kappa shape index (κ1) is 9.74. The van der Waals surface area contributed by atoms with Gasteiger partial charge < -0.3 is 0 Å². The van der Waals surface area contributed by atoms with Crippen molar-refractivity contribution in [2.75, 3.05) is 0 Å². The molecule has 0 spiro atoms. The Bertz CT molecular complexity index is 426. The summed E-state index contributed by atoms with van der Waals surface area (Å²) in [6.45, 7) is 0. The van der Waals surface area contributed by atoms with Crippen LogP contribution in [0.5, 0.6) is 0 Å². The average molecular weight is 272 g/mol. The molecule has 0 N–H and O–H groups in total. The molecule has 0 amide bonds. The van der Waals surface area contributed by atoms with Crippen molar-refractivity contribution >= 4 is 27.5 Å². The topological polar surface area (TPSA) is 17.8 Å². The fourth-order valence-corrected chi connectivity index (χ4v) is 1.85. The minimum Gasteiger partial charge on any atom is -0.241 e. The molecule has 4 heteroatoms. The summed E-state index contributed by atoms with van der Waals surface area (Å²) in [7, 11) is 0. The van der Waals surface area contributed by atoms with Gasteiger partial charge in [-0.15, -0.1) is 11.6 Å². The van der Waals surface area contributed by atoms with E-state index in [2.05, 4.69) is 21.0 Å². The predicted molar refractivity (Wildman–Crippen MR) is 60.8 cm³/mol. The SMILES string of the molecule is ClCc1ccc(Br)cc1-n1cccn1. The van der Waals surface area contributed by atoms with Gasteiger partial charge in [0.1, 0.15) is 0 Å². The van der Waals surface area contributed by atoms with Gasteiger partial charge in [-0.25, -0.2) is 4.68 Å². The molecule has 72 valence electrons. The van der Waals surface area contributed by atoms with Crippen LogP contribution in [0, 0.1) is 0 Å². The van der Waals surface area contributed by atoms with Gasteiger partial charge in [0.05, 0.1) is 5.69 Å². The Balaban J connectivity index is 2.55. The Morgan fingerprint density at radius 1 is 1.43 bits per heavy atom. The monoisotopic (exact) mass is 270 g/mol. The number of benzene rings is 1. The summed E-state index contributed by atoms with van der Waals surface area (Å²) in [6.07, 6.45) is 3.65. The van der Waals surface area contributed by atoms with Gasteiger partial charge in [0.2, 0.25) is 0 Å². The molecule has 0 aliphatic carbocycles. The first-order chi connectivity index (χ1) is 6.81. The van der Waals surface area contributed by atoms with Crippen molar-refractivity contribution in [3.05, 3.63) is 46.7 Å². The maximum absolute atomic E-state index is 5.84. The Kier molecular flexibility index (Phi) is 2.89. The molecule has 1 aromatic carbocycles. The molecule has 0 saturated carbocycles. The van der Waals surface area contributed by atoms with Crippen LogP contribution >= 0.6 is 27.5 Å². The molecular formula is C10H8BrClN2. The highest BCUT2D eigenvalue weighted by atomic mass is 79.9. The van der Waals surface area contributed by atoms with Gasteiger partial charge in [0.15, 0.2) is 0 Å². The zero-order valence-electron chi connectivity index (χ0n) is 7.32. The molecule has 0 fully saturated rings. The third-order valence-corrected chi connectivity index (χ3v) is 2.72. The molecule has 14 heavy (non-hydrogen) atoms. The van der Waals surface area contributed by atoms with Gasteiger partial charge in [-0.3, -0.25) is 0 Å². The quantitative estimate of drug-likeness (QED) is 0.766. The van der Waals surface area contributed by atoms with Crippen LogP contribution in [-0.2, 0) is 5.88 Å². The molecule has 0 radical (unpaired) electrons. The maximum atomic E-state index is 5.84. The van der Waals surface area contributed by atoms with Crippen LogP contribution in [0.15, 0.2) is 41.1 Å². The van der Waals surface area contributed by atoms with E-state index in [1.807, 2.05) is 35.1 Å². The van der Waals surface area contributed by atoms with E-state index in [9.17, 15) is 0 Å². The third-order valence-electron chi connectivity index (χ3n) is 1.94. The summed E-state index contributed by atoms with van der Waals surface area (Å²) < 4.78 is 2.83. The molecule has 0 unspecified atom stereocenters. The molecular weight excluding hydrogens is 263 g/mol. The van der Waals surface area contributed by atoms with E-state index in [1.165, 1.54) is 0 Å². The predicted octanol–water partition coefficient (Wildman–Crippen LogP) is 3.37. The van der Waals surface area contributed by atoms with Crippen molar-refractivity contribution in [3.8, 4) is 5.69 Å². The lowest BCUT2D eigenvalue weighted by Crippen LogP contribution is -1.98. The van der Waals surface area contributed by atoms with Crippen LogP contribution in [0.3, 0.4) is 0 Å². The first-order valence-electron chi connectivity index (χ1n) is 4.15. The van der Waals surface area contributed by atoms with Gasteiger partial charge in [0, 0.05) is 22.7 Å². The second kappa shape index (κ2) is 4.15. The van der Waals surface area contributed by atoms with Crippen LogP contribution in [0.1, 0.15) is 5.56 Å². The standard InChI is InChI=1S/C10H8BrClN2/c11-9-3-2-8(7-12)10(6-9)14-5-1-4-13-14/h1-6H,7H2. The van der Waals surface area contributed by atoms with Crippen molar-refractivity contribution in [3.63, 3.8) is 0 Å². The Morgan fingerprint density at radius 3 is 2.93 bits per heavy atom. The van der Waals surface area contributed by atoms with Gasteiger partial charge >= 0.3 is 0 Å². The van der Waals surface area contributed by atoms with Gasteiger partial charge in [0.25, 0.3) is 0 Å². The highest BCUT2D eigenvalue weighted by Gasteiger charge is 2.04. The first-order valence-corrected chi connectivity index (χ1v) is 5.48. The molecule has 0 aliphatic rings. The summed E-state index contributed by atoms with van der Waals surface area (Å²) >= 11 is 9.27. The highest BCUT2D eigenvalue weighted by molar-refractivity contribution is 9.10. The Hall–Kier alpha value is -0.800. The average Bonchev–Trinajstić information content (AvgIpc) is 2.70. The summed E-state index contributed by atoms with van der Waals surface area (Å²) in [6, 6.07) is 7.86. The molecule has 1 aromatic heterocycles. The lowest BCUT2D eigenvalue weighted by atomic mass is 10.2. The minimum atomic E-state index is 0.489. The van der Waals surface area contributed by atoms with Crippen molar-refractivity contribution in [2.24, 2.45) is 0 Å². The number of nitrogens with zero attached hydrogens (tertiary/aromatic N) is 2. The summed E-state index contributed by atoms with van der Waals surface area (Å²) in [4.78, 5) is 0. The number of rotatable bonds is 2. The van der Waals surface area contributed by atoms with E-state index in [1.54, 1.807) is 6.20 Å². The Morgan fingerprint density at radius 2 is 2.29 bits per heavy atom. The number of alkyl halides is 1. The molecule has 2 aromatic rings. The lowest BCUT2D eigenvalue weighted by molar-refractivity contribution is 0.870. The fourth-order valence-electron chi connectivity index (χ4n) is 1.27. The molecule has 1 heterocycles. The molecule has 0 bridgehead atoms. The molecule has 0 atom stereocenters. The van der Waals surface area contributed by atoms with Crippen molar-refractivity contribution in [2.45, 2.75) is 5.88 Å². The second-order valence-electron chi connectivity index (χ2n) is 2.86. The van der Waals surface area contributed by atoms with E-state index in [4.69, 9.17) is 11.6 Å². The van der Waals surface area contributed by atoms with E-state index in [0.717, 1.165) is 15.7 Å². The van der Waals surface area contributed by atoms with E-state index in [0.29, 0.717) is 5.88 Å². The van der Waals surface area contributed by atoms with Gasteiger partial charge in [-0.1, -0.05) is 22.0 Å². The number of halogens is 2. The third kappa shape index (κ3) is 1.83. The van der Waals surface area contributed by atoms with E-state index >= 15 is 0 Å². The van der Waals surface area contributed by atoms with Crippen molar-refractivity contribution in [1.82, 2.24) is 9.78 Å². The molecule has 2 nitrogen and oxygen atoms in total. The number of hydrogen-bond acceptors (Lipinski definition) is 1. The van der Waals surface area contributed by atoms with Crippen molar-refractivity contribution < 1.29 is 0 Å². The van der Waals surface area contributed by atoms with E-state index < -0.39 is 0 Å². The largest absolute Gasteiger partial charge is 0.241 e. The highest BCUT2D eigenvalue weighted by Crippen LogP contribution is 2.21. The van der Waals surface area contributed by atoms with Gasteiger partial charge in [-0.2, -0.15) is 5.10 Å². The van der Waals surface area contributed by atoms with Crippen molar-refractivity contribution in [1.29, 1.82) is 0 Å².